The average Bonchev–Trinajstić information content (AvgIpc) is 2.87. The van der Waals surface area contributed by atoms with Crippen molar-refractivity contribution in [2.45, 2.75) is 6.92 Å². The van der Waals surface area contributed by atoms with Crippen molar-refractivity contribution in [3.05, 3.63) is 52.1 Å². The number of nitrogens with two attached hydrogens (primary N) is 1. The van der Waals surface area contributed by atoms with Crippen molar-refractivity contribution in [3.63, 3.8) is 0 Å². The monoisotopic (exact) mass is 357 g/mol. The standard InChI is InChI=1S/C16H15N5O3S/c1-8-5-13(22)24-12-6-9(3-4-10(8)12)19-16(25)20-11-7-18-21(2)14(11)15(17)23/h3-7H,1-2H3,(H2,17,23)(H2,19,20,25). The lowest BCUT2D eigenvalue weighted by Crippen LogP contribution is -2.23. The van der Waals surface area contributed by atoms with Gasteiger partial charge in [-0.25, -0.2) is 4.79 Å². The lowest BCUT2D eigenvalue weighted by molar-refractivity contribution is 0.0992. The summed E-state index contributed by atoms with van der Waals surface area (Å²) in [4.78, 5) is 23.0. The molecule has 1 aromatic carbocycles. The van der Waals surface area contributed by atoms with E-state index in [1.807, 2.05) is 19.1 Å². The first-order valence-corrected chi connectivity index (χ1v) is 7.70. The van der Waals surface area contributed by atoms with E-state index >= 15 is 0 Å². The van der Waals surface area contributed by atoms with Crippen LogP contribution in [0, 0.1) is 6.92 Å². The van der Waals surface area contributed by atoms with E-state index in [-0.39, 0.29) is 10.8 Å². The first-order valence-electron chi connectivity index (χ1n) is 7.29. The van der Waals surface area contributed by atoms with Crippen molar-refractivity contribution in [1.29, 1.82) is 0 Å². The molecule has 2 heterocycles. The quantitative estimate of drug-likeness (QED) is 0.483. The predicted molar refractivity (Wildman–Crippen MR) is 98.8 cm³/mol. The highest BCUT2D eigenvalue weighted by atomic mass is 32.1. The van der Waals surface area contributed by atoms with Crippen LogP contribution in [0.2, 0.25) is 0 Å². The molecule has 2 aromatic heterocycles. The van der Waals surface area contributed by atoms with Gasteiger partial charge in [-0.15, -0.1) is 0 Å². The lowest BCUT2D eigenvalue weighted by Gasteiger charge is -2.11. The second-order valence-electron chi connectivity index (χ2n) is 5.43. The second-order valence-corrected chi connectivity index (χ2v) is 5.84. The zero-order valence-electron chi connectivity index (χ0n) is 13.5. The van der Waals surface area contributed by atoms with E-state index in [2.05, 4.69) is 15.7 Å². The Hall–Kier alpha value is -3.20. The van der Waals surface area contributed by atoms with Crippen LogP contribution < -0.4 is 22.0 Å². The number of amides is 1. The van der Waals surface area contributed by atoms with Crippen molar-refractivity contribution in [2.24, 2.45) is 12.8 Å². The molecule has 0 aliphatic carbocycles. The molecule has 8 nitrogen and oxygen atoms in total. The number of thiocarbonyl (C=S) groups is 1. The fraction of sp³-hybridized carbons (Fsp3) is 0.125. The summed E-state index contributed by atoms with van der Waals surface area (Å²) in [5, 5.41) is 10.9. The van der Waals surface area contributed by atoms with Crippen molar-refractivity contribution in [1.82, 2.24) is 9.78 Å². The molecule has 25 heavy (non-hydrogen) atoms. The van der Waals surface area contributed by atoms with Gasteiger partial charge >= 0.3 is 5.63 Å². The van der Waals surface area contributed by atoms with Crippen LogP contribution in [0.25, 0.3) is 11.0 Å². The van der Waals surface area contributed by atoms with Crippen LogP contribution in [-0.4, -0.2) is 20.8 Å². The van der Waals surface area contributed by atoms with E-state index in [1.165, 1.54) is 16.9 Å². The molecule has 0 spiro atoms. The number of aromatic nitrogens is 2. The van der Waals surface area contributed by atoms with Gasteiger partial charge in [0.2, 0.25) is 0 Å². The van der Waals surface area contributed by atoms with E-state index < -0.39 is 11.5 Å². The third-order valence-electron chi connectivity index (χ3n) is 3.63. The van der Waals surface area contributed by atoms with E-state index in [0.29, 0.717) is 17.0 Å². The van der Waals surface area contributed by atoms with Gasteiger partial charge in [-0.1, -0.05) is 0 Å². The Morgan fingerprint density at radius 2 is 2.08 bits per heavy atom. The van der Waals surface area contributed by atoms with Crippen LogP contribution in [0.15, 0.2) is 39.7 Å². The molecule has 0 unspecified atom stereocenters. The van der Waals surface area contributed by atoms with E-state index in [4.69, 9.17) is 22.4 Å². The zero-order chi connectivity index (χ0) is 18.1. The Morgan fingerprint density at radius 3 is 2.80 bits per heavy atom. The maximum Gasteiger partial charge on any atom is 0.336 e. The van der Waals surface area contributed by atoms with Crippen LogP contribution >= 0.6 is 12.2 Å². The van der Waals surface area contributed by atoms with Crippen molar-refractivity contribution in [2.75, 3.05) is 10.6 Å². The average molecular weight is 357 g/mol. The Balaban J connectivity index is 1.83. The molecule has 0 saturated carbocycles. The second kappa shape index (κ2) is 6.36. The first kappa shape index (κ1) is 16.7. The van der Waals surface area contributed by atoms with Crippen LogP contribution in [0.3, 0.4) is 0 Å². The third-order valence-corrected chi connectivity index (χ3v) is 3.83. The largest absolute Gasteiger partial charge is 0.423 e. The summed E-state index contributed by atoms with van der Waals surface area (Å²) in [5.41, 5.74) is 7.45. The summed E-state index contributed by atoms with van der Waals surface area (Å²) in [7, 11) is 1.61. The molecule has 0 aliphatic rings. The molecular formula is C16H15N5O3S. The predicted octanol–water partition coefficient (Wildman–Crippen LogP) is 1.74. The molecule has 128 valence electrons. The SMILES string of the molecule is Cc1cc(=O)oc2cc(NC(=S)Nc3cnn(C)c3C(N)=O)ccc12. The van der Waals surface area contributed by atoms with Crippen LogP contribution in [0.4, 0.5) is 11.4 Å². The molecule has 0 saturated heterocycles. The number of aryl methyl sites for hydroxylation is 2. The number of nitrogens with zero attached hydrogens (tertiary/aromatic N) is 2. The van der Waals surface area contributed by atoms with Gasteiger partial charge in [-0.05, 0) is 36.8 Å². The Labute approximate surface area is 147 Å². The molecule has 0 bridgehead atoms. The molecule has 9 heteroatoms. The fourth-order valence-corrected chi connectivity index (χ4v) is 2.74. The Morgan fingerprint density at radius 1 is 1.32 bits per heavy atom. The number of hydrogen-bond acceptors (Lipinski definition) is 5. The van der Waals surface area contributed by atoms with Crippen LogP contribution in [0.5, 0.6) is 0 Å². The summed E-state index contributed by atoms with van der Waals surface area (Å²) in [5.74, 6) is -0.617. The van der Waals surface area contributed by atoms with Crippen molar-refractivity contribution < 1.29 is 9.21 Å². The van der Waals surface area contributed by atoms with Crippen molar-refractivity contribution in [3.8, 4) is 0 Å². The first-order chi connectivity index (χ1) is 11.8. The topological polar surface area (TPSA) is 115 Å². The summed E-state index contributed by atoms with van der Waals surface area (Å²) in [6.07, 6.45) is 1.46. The minimum Gasteiger partial charge on any atom is -0.423 e. The number of fused-ring (bicyclic) bond motifs is 1. The number of nitrogens with one attached hydrogen (secondary N) is 2. The molecule has 0 aliphatic heterocycles. The summed E-state index contributed by atoms with van der Waals surface area (Å²) >= 11 is 5.24. The van der Waals surface area contributed by atoms with Gasteiger partial charge in [0.15, 0.2) is 5.11 Å². The highest BCUT2D eigenvalue weighted by Gasteiger charge is 2.15. The Kier molecular flexibility index (Phi) is 4.24. The van der Waals surface area contributed by atoms with E-state index in [1.54, 1.807) is 13.1 Å². The van der Waals surface area contributed by atoms with Crippen LogP contribution in [0.1, 0.15) is 16.1 Å². The third kappa shape index (κ3) is 3.36. The van der Waals surface area contributed by atoms with E-state index in [9.17, 15) is 9.59 Å². The number of benzene rings is 1. The molecule has 0 atom stereocenters. The number of hydrogen-bond donors (Lipinski definition) is 3. The highest BCUT2D eigenvalue weighted by molar-refractivity contribution is 7.80. The summed E-state index contributed by atoms with van der Waals surface area (Å²) in [6, 6.07) is 6.75. The van der Waals surface area contributed by atoms with Crippen LogP contribution in [-0.2, 0) is 7.05 Å². The molecule has 4 N–H and O–H groups in total. The normalized spacial score (nSPS) is 10.6. The summed E-state index contributed by atoms with van der Waals surface area (Å²) in [6.45, 7) is 1.84. The minimum absolute atomic E-state index is 0.212. The molecule has 3 rings (SSSR count). The molecule has 0 radical (unpaired) electrons. The van der Waals surface area contributed by atoms with E-state index in [0.717, 1.165) is 10.9 Å². The molecular weight excluding hydrogens is 342 g/mol. The zero-order valence-corrected chi connectivity index (χ0v) is 14.3. The maximum atomic E-state index is 11.5. The number of carbonyl (C=O) groups excluding carboxylic acids is 1. The minimum atomic E-state index is -0.617. The number of rotatable bonds is 3. The van der Waals surface area contributed by atoms with Gasteiger partial charge in [-0.3, -0.25) is 9.48 Å². The smallest absolute Gasteiger partial charge is 0.336 e. The molecule has 0 fully saturated rings. The number of primary amides is 1. The van der Waals surface area contributed by atoms with Gasteiger partial charge in [-0.2, -0.15) is 5.10 Å². The van der Waals surface area contributed by atoms with Gasteiger partial charge < -0.3 is 20.8 Å². The Bertz CT molecular complexity index is 1050. The number of anilines is 2. The van der Waals surface area contributed by atoms with Gasteiger partial charge in [0.25, 0.3) is 5.91 Å². The highest BCUT2D eigenvalue weighted by Crippen LogP contribution is 2.21. The molecule has 3 aromatic rings. The molecule has 1 amide bonds. The van der Waals surface area contributed by atoms with Crippen molar-refractivity contribution >= 4 is 45.6 Å². The maximum absolute atomic E-state index is 11.5. The van der Waals surface area contributed by atoms with Gasteiger partial charge in [0.05, 0.1) is 11.9 Å². The number of carbonyl (C=O) groups is 1. The fourth-order valence-electron chi connectivity index (χ4n) is 2.51. The van der Waals surface area contributed by atoms with Gasteiger partial charge in [0, 0.05) is 30.3 Å². The lowest BCUT2D eigenvalue weighted by atomic mass is 10.1. The summed E-state index contributed by atoms with van der Waals surface area (Å²) < 4.78 is 6.56. The van der Waals surface area contributed by atoms with Gasteiger partial charge in [0.1, 0.15) is 11.3 Å².